The van der Waals surface area contributed by atoms with Crippen molar-refractivity contribution < 1.29 is 32.6 Å². The van der Waals surface area contributed by atoms with Crippen LogP contribution in [0.2, 0.25) is 5.02 Å². The smallest absolute Gasteiger partial charge is 0.338 e. The first-order chi connectivity index (χ1) is 11.9. The van der Waals surface area contributed by atoms with Crippen LogP contribution in [-0.4, -0.2) is 32.6 Å². The highest BCUT2D eigenvalue weighted by Gasteiger charge is 2.19. The van der Waals surface area contributed by atoms with Crippen molar-refractivity contribution in [2.24, 2.45) is 0 Å². The van der Waals surface area contributed by atoms with E-state index in [9.17, 15) is 18.4 Å². The molecule has 2 aromatic carbocycles. The van der Waals surface area contributed by atoms with Crippen molar-refractivity contribution in [2.45, 2.75) is 0 Å². The van der Waals surface area contributed by atoms with Gasteiger partial charge in [-0.3, -0.25) is 4.79 Å². The fourth-order valence-electron chi connectivity index (χ4n) is 2.04. The van der Waals surface area contributed by atoms with E-state index in [0.29, 0.717) is 0 Å². The first-order valence-corrected chi connectivity index (χ1v) is 7.32. The highest BCUT2D eigenvalue weighted by atomic mass is 35.5. The summed E-state index contributed by atoms with van der Waals surface area (Å²) in [6, 6.07) is 5.03. The summed E-state index contributed by atoms with van der Waals surface area (Å²) in [6.45, 7) is -0.759. The molecular formula is C17H13ClF2O5. The van der Waals surface area contributed by atoms with Crippen molar-refractivity contribution in [1.29, 1.82) is 0 Å². The van der Waals surface area contributed by atoms with Gasteiger partial charge in [0.2, 0.25) is 5.78 Å². The van der Waals surface area contributed by atoms with E-state index in [1.54, 1.807) is 0 Å². The largest absolute Gasteiger partial charge is 0.493 e. The van der Waals surface area contributed by atoms with Crippen LogP contribution in [0.25, 0.3) is 0 Å². The molecule has 0 aliphatic carbocycles. The van der Waals surface area contributed by atoms with Gasteiger partial charge < -0.3 is 14.2 Å². The van der Waals surface area contributed by atoms with E-state index >= 15 is 0 Å². The van der Waals surface area contributed by atoms with Gasteiger partial charge in [0.25, 0.3) is 0 Å². The number of benzene rings is 2. The molecule has 132 valence electrons. The number of Topliss-reactive ketones (excluding diaryl/α,β-unsaturated/α-hetero) is 1. The second-order valence-corrected chi connectivity index (χ2v) is 5.22. The van der Waals surface area contributed by atoms with E-state index in [4.69, 9.17) is 25.8 Å². The number of ketones is 1. The molecule has 2 aromatic rings. The van der Waals surface area contributed by atoms with Gasteiger partial charge in [-0.1, -0.05) is 11.6 Å². The van der Waals surface area contributed by atoms with Crippen molar-refractivity contribution in [2.75, 3.05) is 20.8 Å². The molecule has 0 heterocycles. The molecule has 0 saturated carbocycles. The Morgan fingerprint density at radius 3 is 2.44 bits per heavy atom. The van der Waals surface area contributed by atoms with Crippen molar-refractivity contribution in [3.05, 3.63) is 58.1 Å². The number of rotatable bonds is 6. The van der Waals surface area contributed by atoms with E-state index < -0.39 is 35.6 Å². The second-order valence-electron chi connectivity index (χ2n) is 4.82. The molecule has 0 atom stereocenters. The quantitative estimate of drug-likeness (QED) is 0.573. The van der Waals surface area contributed by atoms with E-state index in [-0.39, 0.29) is 22.1 Å². The number of ether oxygens (including phenoxy) is 3. The Balaban J connectivity index is 2.14. The van der Waals surface area contributed by atoms with Crippen LogP contribution >= 0.6 is 11.6 Å². The molecule has 2 rings (SSSR count). The minimum Gasteiger partial charge on any atom is -0.493 e. The van der Waals surface area contributed by atoms with Crippen LogP contribution in [0, 0.1) is 11.6 Å². The average Bonchev–Trinajstić information content (AvgIpc) is 2.60. The van der Waals surface area contributed by atoms with Crippen molar-refractivity contribution in [1.82, 2.24) is 0 Å². The maximum Gasteiger partial charge on any atom is 0.338 e. The lowest BCUT2D eigenvalue weighted by Crippen LogP contribution is -2.16. The number of halogens is 3. The summed E-state index contributed by atoms with van der Waals surface area (Å²) >= 11 is 5.98. The summed E-state index contributed by atoms with van der Waals surface area (Å²) < 4.78 is 41.6. The number of carbonyl (C=O) groups excluding carboxylic acids is 2. The van der Waals surface area contributed by atoms with Gasteiger partial charge in [0.1, 0.15) is 11.6 Å². The molecule has 0 spiro atoms. The molecule has 0 radical (unpaired) electrons. The van der Waals surface area contributed by atoms with Gasteiger partial charge in [-0.05, 0) is 30.3 Å². The van der Waals surface area contributed by atoms with Crippen LogP contribution in [0.5, 0.6) is 11.5 Å². The van der Waals surface area contributed by atoms with Gasteiger partial charge in [-0.15, -0.1) is 0 Å². The summed E-state index contributed by atoms with van der Waals surface area (Å²) in [5, 5.41) is 0.108. The Hall–Kier alpha value is -2.67. The van der Waals surface area contributed by atoms with Gasteiger partial charge in [0, 0.05) is 0 Å². The van der Waals surface area contributed by atoms with E-state index in [0.717, 1.165) is 18.2 Å². The molecule has 0 aromatic heterocycles. The monoisotopic (exact) mass is 370 g/mol. The van der Waals surface area contributed by atoms with Crippen LogP contribution in [0.1, 0.15) is 20.7 Å². The first kappa shape index (κ1) is 18.7. The molecule has 0 amide bonds. The topological polar surface area (TPSA) is 61.8 Å². The van der Waals surface area contributed by atoms with E-state index in [2.05, 4.69) is 0 Å². The third-order valence-corrected chi connectivity index (χ3v) is 3.51. The Bertz CT molecular complexity index is 823. The third kappa shape index (κ3) is 4.24. The summed E-state index contributed by atoms with van der Waals surface area (Å²) in [5.74, 6) is -3.01. The molecular weight excluding hydrogens is 358 g/mol. The number of hydrogen-bond acceptors (Lipinski definition) is 5. The summed E-state index contributed by atoms with van der Waals surface area (Å²) in [6.07, 6.45) is 0. The first-order valence-electron chi connectivity index (χ1n) is 6.94. The summed E-state index contributed by atoms with van der Waals surface area (Å²) in [7, 11) is 2.74. The fourth-order valence-corrected chi connectivity index (χ4v) is 2.33. The zero-order chi connectivity index (χ0) is 18.6. The molecule has 5 nitrogen and oxygen atoms in total. The lowest BCUT2D eigenvalue weighted by Gasteiger charge is -2.11. The highest BCUT2D eigenvalue weighted by Crippen LogP contribution is 2.36. The minimum atomic E-state index is -0.906. The van der Waals surface area contributed by atoms with Crippen LogP contribution in [-0.2, 0) is 4.74 Å². The molecule has 0 bridgehead atoms. The highest BCUT2D eigenvalue weighted by molar-refractivity contribution is 6.32. The van der Waals surface area contributed by atoms with Crippen LogP contribution < -0.4 is 9.47 Å². The Morgan fingerprint density at radius 1 is 1.08 bits per heavy atom. The Morgan fingerprint density at radius 2 is 1.80 bits per heavy atom. The van der Waals surface area contributed by atoms with Gasteiger partial charge in [-0.2, -0.15) is 0 Å². The molecule has 0 fully saturated rings. The second kappa shape index (κ2) is 7.94. The standard InChI is InChI=1S/C17H13ClF2O5/c1-23-15-6-9(5-12(18)16(15)24-2)17(22)25-8-14(21)11-7-10(19)3-4-13(11)20/h3-7H,8H2,1-2H3. The van der Waals surface area contributed by atoms with Gasteiger partial charge in [-0.25, -0.2) is 13.6 Å². The Kier molecular flexibility index (Phi) is 5.93. The number of methoxy groups -OCH3 is 2. The predicted octanol–water partition coefficient (Wildman–Crippen LogP) is 3.68. The number of hydrogen-bond donors (Lipinski definition) is 0. The van der Waals surface area contributed by atoms with E-state index in [1.807, 2.05) is 0 Å². The van der Waals surface area contributed by atoms with Gasteiger partial charge in [0.15, 0.2) is 18.1 Å². The zero-order valence-corrected chi connectivity index (χ0v) is 14.0. The number of esters is 1. The average molecular weight is 371 g/mol. The SMILES string of the molecule is COc1cc(C(=O)OCC(=O)c2cc(F)ccc2F)cc(Cl)c1OC. The zero-order valence-electron chi connectivity index (χ0n) is 13.3. The van der Waals surface area contributed by atoms with Gasteiger partial charge >= 0.3 is 5.97 Å². The molecule has 0 N–H and O–H groups in total. The molecule has 0 saturated heterocycles. The number of carbonyl (C=O) groups is 2. The van der Waals surface area contributed by atoms with Crippen LogP contribution in [0.3, 0.4) is 0 Å². The summed E-state index contributed by atoms with van der Waals surface area (Å²) in [4.78, 5) is 23.9. The maximum atomic E-state index is 13.5. The van der Waals surface area contributed by atoms with Gasteiger partial charge in [0.05, 0.1) is 30.4 Å². The fraction of sp³-hybridized carbons (Fsp3) is 0.176. The van der Waals surface area contributed by atoms with Crippen molar-refractivity contribution in [3.8, 4) is 11.5 Å². The van der Waals surface area contributed by atoms with Crippen LogP contribution in [0.4, 0.5) is 8.78 Å². The lowest BCUT2D eigenvalue weighted by molar-refractivity contribution is 0.0473. The lowest BCUT2D eigenvalue weighted by atomic mass is 10.1. The van der Waals surface area contributed by atoms with Crippen molar-refractivity contribution >= 4 is 23.4 Å². The molecule has 0 unspecified atom stereocenters. The normalized spacial score (nSPS) is 10.3. The molecule has 8 heteroatoms. The summed E-state index contributed by atoms with van der Waals surface area (Å²) in [5.41, 5.74) is -0.492. The maximum absolute atomic E-state index is 13.5. The van der Waals surface area contributed by atoms with E-state index in [1.165, 1.54) is 26.4 Å². The Labute approximate surface area is 147 Å². The van der Waals surface area contributed by atoms with Crippen LogP contribution in [0.15, 0.2) is 30.3 Å². The molecule has 0 aliphatic rings. The van der Waals surface area contributed by atoms with Crippen molar-refractivity contribution in [3.63, 3.8) is 0 Å². The minimum absolute atomic E-state index is 0.00941. The molecule has 0 aliphatic heterocycles. The molecule has 25 heavy (non-hydrogen) atoms. The third-order valence-electron chi connectivity index (χ3n) is 3.23. The predicted molar refractivity (Wildman–Crippen MR) is 85.5 cm³/mol.